The molecule has 0 N–H and O–H groups in total. The van der Waals surface area contributed by atoms with E-state index in [1.807, 2.05) is 19.9 Å². The molecule has 1 aliphatic rings. The number of hydrogen-bond acceptors (Lipinski definition) is 9. The Balaban J connectivity index is 2.03. The summed E-state index contributed by atoms with van der Waals surface area (Å²) in [5.41, 5.74) is 0.591. The number of esters is 2. The van der Waals surface area contributed by atoms with Gasteiger partial charge in [-0.2, -0.15) is 0 Å². The fourth-order valence-electron chi connectivity index (χ4n) is 2.85. The maximum Gasteiger partial charge on any atom is 0.426 e. The van der Waals surface area contributed by atoms with Crippen molar-refractivity contribution in [3.05, 3.63) is 23.8 Å². The third-order valence-corrected chi connectivity index (χ3v) is 4.85. The van der Waals surface area contributed by atoms with Gasteiger partial charge in [0.15, 0.2) is 11.5 Å². The number of rotatable bonds is 9. The number of amides is 1. The highest BCUT2D eigenvalue weighted by atomic mass is 32.2. The molecule has 0 unspecified atom stereocenters. The first-order chi connectivity index (χ1) is 14.1. The number of ether oxygens (including phenoxy) is 4. The maximum atomic E-state index is 12.6. The Bertz CT molecular complexity index is 764. The zero-order valence-corrected chi connectivity index (χ0v) is 18.7. The van der Waals surface area contributed by atoms with Gasteiger partial charge in [0.25, 0.3) is 0 Å². The van der Waals surface area contributed by atoms with Gasteiger partial charge in [-0.25, -0.2) is 13.4 Å². The predicted molar refractivity (Wildman–Crippen MR) is 111 cm³/mol. The summed E-state index contributed by atoms with van der Waals surface area (Å²) in [5.74, 6) is -0.179. The summed E-state index contributed by atoms with van der Waals surface area (Å²) in [6.07, 6.45) is 0.0324. The minimum atomic E-state index is -0.681. The monoisotopic (exact) mass is 440 g/mol. The molecule has 30 heavy (non-hydrogen) atoms. The molecule has 0 saturated carbocycles. The molecule has 0 bridgehead atoms. The molecule has 1 aromatic carbocycles. The standard InChI is InChI=1S/C20H28N2O7S/c1-6-26-16(23)12-22(13-17(24)27-7-2)30-21(5)19(25)28-15-10-8-9-14-11-20(3,4)29-18(14)15/h8-10H,6-7,11-13H2,1-5H3. The van der Waals surface area contributed by atoms with Gasteiger partial charge in [0, 0.05) is 31.2 Å². The van der Waals surface area contributed by atoms with Gasteiger partial charge in [-0.05, 0) is 33.8 Å². The Morgan fingerprint density at radius 3 is 2.27 bits per heavy atom. The first-order valence-corrected chi connectivity index (χ1v) is 10.4. The van der Waals surface area contributed by atoms with Gasteiger partial charge in [0.2, 0.25) is 0 Å². The summed E-state index contributed by atoms with van der Waals surface area (Å²) >= 11 is 0.863. The van der Waals surface area contributed by atoms with Crippen LogP contribution in [0.2, 0.25) is 0 Å². The molecule has 0 saturated heterocycles. The summed E-state index contributed by atoms with van der Waals surface area (Å²) in [6.45, 7) is 7.32. The van der Waals surface area contributed by atoms with E-state index in [0.717, 1.165) is 17.7 Å². The second-order valence-electron chi connectivity index (χ2n) is 7.14. The fraction of sp³-hybridized carbons (Fsp3) is 0.550. The lowest BCUT2D eigenvalue weighted by atomic mass is 10.0. The summed E-state index contributed by atoms with van der Waals surface area (Å²) in [7, 11) is 1.48. The molecular weight excluding hydrogens is 412 g/mol. The number of benzene rings is 1. The van der Waals surface area contributed by atoms with Crippen LogP contribution in [0.25, 0.3) is 0 Å². The molecule has 1 amide bonds. The van der Waals surface area contributed by atoms with E-state index in [9.17, 15) is 14.4 Å². The highest BCUT2D eigenvalue weighted by Gasteiger charge is 2.33. The molecule has 9 nitrogen and oxygen atoms in total. The maximum absolute atomic E-state index is 12.6. The SMILES string of the molecule is CCOC(=O)CN(CC(=O)OCC)SN(C)C(=O)Oc1cccc2c1OC(C)(C)C2. The van der Waals surface area contributed by atoms with Crippen LogP contribution in [0, 0.1) is 0 Å². The van der Waals surface area contributed by atoms with Gasteiger partial charge >= 0.3 is 18.0 Å². The zero-order chi connectivity index (χ0) is 22.3. The van der Waals surface area contributed by atoms with Crippen molar-refractivity contribution in [2.75, 3.05) is 33.4 Å². The fourth-order valence-corrected chi connectivity index (χ4v) is 3.62. The lowest BCUT2D eigenvalue weighted by molar-refractivity contribution is -0.145. The van der Waals surface area contributed by atoms with Crippen LogP contribution < -0.4 is 9.47 Å². The molecule has 0 spiro atoms. The van der Waals surface area contributed by atoms with E-state index in [4.69, 9.17) is 18.9 Å². The van der Waals surface area contributed by atoms with Crippen LogP contribution in [0.4, 0.5) is 4.79 Å². The van der Waals surface area contributed by atoms with Crippen LogP contribution in [-0.4, -0.2) is 65.6 Å². The smallest absolute Gasteiger partial charge is 0.426 e. The second kappa shape index (κ2) is 10.5. The van der Waals surface area contributed by atoms with Gasteiger partial charge in [-0.3, -0.25) is 9.59 Å². The molecule has 0 atom stereocenters. The van der Waals surface area contributed by atoms with Gasteiger partial charge in [0.05, 0.1) is 13.2 Å². The average Bonchev–Trinajstić information content (AvgIpc) is 2.96. The second-order valence-corrected chi connectivity index (χ2v) is 8.37. The van der Waals surface area contributed by atoms with Crippen molar-refractivity contribution in [1.29, 1.82) is 0 Å². The molecule has 1 aliphatic heterocycles. The van der Waals surface area contributed by atoms with Crippen molar-refractivity contribution in [1.82, 2.24) is 8.61 Å². The minimum absolute atomic E-state index is 0.201. The van der Waals surface area contributed by atoms with E-state index in [2.05, 4.69) is 0 Å². The van der Waals surface area contributed by atoms with Crippen molar-refractivity contribution in [2.24, 2.45) is 0 Å². The number of para-hydroxylation sites is 1. The van der Waals surface area contributed by atoms with Crippen LogP contribution in [0.15, 0.2) is 18.2 Å². The van der Waals surface area contributed by atoms with E-state index in [0.29, 0.717) is 17.9 Å². The van der Waals surface area contributed by atoms with Crippen LogP contribution in [0.3, 0.4) is 0 Å². The Hall–Kier alpha value is -2.46. The van der Waals surface area contributed by atoms with E-state index >= 15 is 0 Å². The van der Waals surface area contributed by atoms with Gasteiger partial charge < -0.3 is 18.9 Å². The van der Waals surface area contributed by atoms with Crippen LogP contribution >= 0.6 is 12.1 Å². The molecule has 10 heteroatoms. The lowest BCUT2D eigenvalue weighted by Gasteiger charge is -2.24. The van der Waals surface area contributed by atoms with Crippen molar-refractivity contribution >= 4 is 30.2 Å². The third-order valence-electron chi connectivity index (χ3n) is 3.97. The van der Waals surface area contributed by atoms with Gasteiger partial charge in [0.1, 0.15) is 18.7 Å². The lowest BCUT2D eigenvalue weighted by Crippen LogP contribution is -2.36. The molecule has 0 radical (unpaired) electrons. The minimum Gasteiger partial charge on any atom is -0.483 e. The first-order valence-electron chi connectivity index (χ1n) is 9.66. The van der Waals surface area contributed by atoms with Gasteiger partial charge in [-0.1, -0.05) is 12.1 Å². The largest absolute Gasteiger partial charge is 0.483 e. The quantitative estimate of drug-likeness (QED) is 0.424. The average molecular weight is 441 g/mol. The van der Waals surface area contributed by atoms with Crippen LogP contribution in [0.5, 0.6) is 11.5 Å². The zero-order valence-electron chi connectivity index (χ0n) is 17.9. The summed E-state index contributed by atoms with van der Waals surface area (Å²) in [4.78, 5) is 36.3. The number of nitrogens with zero attached hydrogens (tertiary/aromatic N) is 2. The Morgan fingerprint density at radius 2 is 1.70 bits per heavy atom. The van der Waals surface area contributed by atoms with Crippen molar-refractivity contribution in [3.8, 4) is 11.5 Å². The Kier molecular flexibility index (Phi) is 8.36. The molecule has 166 valence electrons. The molecule has 1 aromatic rings. The Morgan fingerprint density at radius 1 is 1.10 bits per heavy atom. The number of carbonyl (C=O) groups excluding carboxylic acids is 3. The number of fused-ring (bicyclic) bond motifs is 1. The van der Waals surface area contributed by atoms with Crippen molar-refractivity contribution in [3.63, 3.8) is 0 Å². The predicted octanol–water partition coefficient (Wildman–Crippen LogP) is 2.82. The highest BCUT2D eigenvalue weighted by molar-refractivity contribution is 7.95. The van der Waals surface area contributed by atoms with Gasteiger partial charge in [-0.15, -0.1) is 0 Å². The topological polar surface area (TPSA) is 94.6 Å². The molecular formula is C20H28N2O7S. The normalized spacial score (nSPS) is 13.9. The number of carbonyl (C=O) groups is 3. The molecule has 2 rings (SSSR count). The van der Waals surface area contributed by atoms with E-state index in [-0.39, 0.29) is 31.9 Å². The van der Waals surface area contributed by atoms with E-state index in [1.165, 1.54) is 15.7 Å². The molecule has 0 aromatic heterocycles. The molecule has 0 fully saturated rings. The Labute approximate surface area is 180 Å². The van der Waals surface area contributed by atoms with E-state index in [1.54, 1.807) is 26.0 Å². The summed E-state index contributed by atoms with van der Waals surface area (Å²) in [5, 5.41) is 0. The molecule has 1 heterocycles. The van der Waals surface area contributed by atoms with E-state index < -0.39 is 18.0 Å². The summed E-state index contributed by atoms with van der Waals surface area (Å²) < 4.78 is 23.8. The molecule has 0 aliphatic carbocycles. The third kappa shape index (κ3) is 6.81. The van der Waals surface area contributed by atoms with Crippen molar-refractivity contribution < 1.29 is 33.3 Å². The summed E-state index contributed by atoms with van der Waals surface area (Å²) in [6, 6.07) is 5.39. The first kappa shape index (κ1) is 23.8. The number of hydrogen-bond donors (Lipinski definition) is 0. The van der Waals surface area contributed by atoms with Crippen LogP contribution in [0.1, 0.15) is 33.3 Å². The van der Waals surface area contributed by atoms with Crippen LogP contribution in [-0.2, 0) is 25.5 Å². The van der Waals surface area contributed by atoms with Crippen molar-refractivity contribution in [2.45, 2.75) is 39.7 Å². The highest BCUT2D eigenvalue weighted by Crippen LogP contribution is 2.42.